The molecule has 0 amide bonds. The monoisotopic (exact) mass is 338 g/mol. The van der Waals surface area contributed by atoms with Crippen LogP contribution in [0.25, 0.3) is 22.6 Å². The Balaban J connectivity index is 1.66. The number of hydrogen-bond donors (Lipinski definition) is 2. The van der Waals surface area contributed by atoms with Crippen LogP contribution in [0.1, 0.15) is 11.3 Å². The van der Waals surface area contributed by atoms with E-state index in [9.17, 15) is 0 Å². The summed E-state index contributed by atoms with van der Waals surface area (Å²) in [5.74, 6) is 1.57. The Bertz CT molecular complexity index is 992. The molecule has 0 atom stereocenters. The standard InChI is InChI=1S/C18H15ClN4O/c1-11-7-16-18(21-9-11)23-17(22-16)14-8-12(4-5-15(14)19)20-10-13-3-2-6-24-13/h2-9,20H,10H2,1H3,(H,21,22,23). The average Bonchev–Trinajstić information content (AvgIpc) is 3.22. The largest absolute Gasteiger partial charge is 0.467 e. The third-order valence-electron chi connectivity index (χ3n) is 3.74. The maximum atomic E-state index is 6.36. The second kappa shape index (κ2) is 6.02. The Morgan fingerprint density at radius 2 is 2.17 bits per heavy atom. The van der Waals surface area contributed by atoms with Gasteiger partial charge in [0.05, 0.1) is 23.3 Å². The number of furan rings is 1. The Morgan fingerprint density at radius 1 is 1.25 bits per heavy atom. The van der Waals surface area contributed by atoms with E-state index in [1.54, 1.807) is 12.5 Å². The highest BCUT2D eigenvalue weighted by Gasteiger charge is 2.11. The van der Waals surface area contributed by atoms with Crippen molar-refractivity contribution < 1.29 is 4.42 Å². The highest BCUT2D eigenvalue weighted by molar-refractivity contribution is 6.33. The fraction of sp³-hybridized carbons (Fsp3) is 0.111. The Labute approximate surface area is 143 Å². The van der Waals surface area contributed by atoms with Gasteiger partial charge in [0.1, 0.15) is 11.6 Å². The van der Waals surface area contributed by atoms with Crippen molar-refractivity contribution in [2.45, 2.75) is 13.5 Å². The molecule has 0 aliphatic carbocycles. The molecule has 3 heterocycles. The summed E-state index contributed by atoms with van der Waals surface area (Å²) in [5.41, 5.74) is 4.43. The van der Waals surface area contributed by atoms with Gasteiger partial charge in [-0.15, -0.1) is 0 Å². The average molecular weight is 339 g/mol. The molecule has 120 valence electrons. The van der Waals surface area contributed by atoms with Gasteiger partial charge in [-0.2, -0.15) is 0 Å². The molecule has 0 aliphatic rings. The van der Waals surface area contributed by atoms with Gasteiger partial charge in [-0.05, 0) is 48.9 Å². The quantitative estimate of drug-likeness (QED) is 0.561. The fourth-order valence-corrected chi connectivity index (χ4v) is 2.76. The van der Waals surface area contributed by atoms with Crippen LogP contribution in [0.2, 0.25) is 5.02 Å². The highest BCUT2D eigenvalue weighted by Crippen LogP contribution is 2.30. The maximum Gasteiger partial charge on any atom is 0.178 e. The van der Waals surface area contributed by atoms with E-state index in [1.807, 2.05) is 43.3 Å². The summed E-state index contributed by atoms with van der Waals surface area (Å²) in [6.45, 7) is 2.61. The summed E-state index contributed by atoms with van der Waals surface area (Å²) >= 11 is 6.36. The summed E-state index contributed by atoms with van der Waals surface area (Å²) in [6.07, 6.45) is 3.46. The smallest absolute Gasteiger partial charge is 0.178 e. The summed E-state index contributed by atoms with van der Waals surface area (Å²) in [4.78, 5) is 12.2. The number of benzene rings is 1. The maximum absolute atomic E-state index is 6.36. The molecule has 0 saturated heterocycles. The molecule has 4 aromatic rings. The van der Waals surface area contributed by atoms with E-state index >= 15 is 0 Å². The second-order valence-corrected chi connectivity index (χ2v) is 6.00. The van der Waals surface area contributed by atoms with Gasteiger partial charge in [-0.25, -0.2) is 9.97 Å². The summed E-state index contributed by atoms with van der Waals surface area (Å²) in [6, 6.07) is 11.6. The fourth-order valence-electron chi connectivity index (χ4n) is 2.55. The zero-order chi connectivity index (χ0) is 16.5. The van der Waals surface area contributed by atoms with Crippen molar-refractivity contribution in [3.8, 4) is 11.4 Å². The lowest BCUT2D eigenvalue weighted by Crippen LogP contribution is -1.98. The predicted octanol–water partition coefficient (Wildman–Crippen LogP) is 4.79. The number of nitrogens with zero attached hydrogens (tertiary/aromatic N) is 2. The minimum Gasteiger partial charge on any atom is -0.467 e. The second-order valence-electron chi connectivity index (χ2n) is 5.60. The van der Waals surface area contributed by atoms with Gasteiger partial charge in [0.15, 0.2) is 5.65 Å². The zero-order valence-corrected chi connectivity index (χ0v) is 13.8. The highest BCUT2D eigenvalue weighted by atomic mass is 35.5. The van der Waals surface area contributed by atoms with E-state index < -0.39 is 0 Å². The minimum atomic E-state index is 0.606. The van der Waals surface area contributed by atoms with Crippen LogP contribution < -0.4 is 5.32 Å². The van der Waals surface area contributed by atoms with E-state index in [2.05, 4.69) is 20.3 Å². The first-order valence-corrected chi connectivity index (χ1v) is 7.95. The van der Waals surface area contributed by atoms with Crippen molar-refractivity contribution >= 4 is 28.5 Å². The molecule has 0 fully saturated rings. The van der Waals surface area contributed by atoms with Gasteiger partial charge in [-0.1, -0.05) is 11.6 Å². The van der Waals surface area contributed by atoms with Crippen LogP contribution in [0.3, 0.4) is 0 Å². The predicted molar refractivity (Wildman–Crippen MR) is 95.1 cm³/mol. The van der Waals surface area contributed by atoms with Crippen molar-refractivity contribution in [1.82, 2.24) is 15.0 Å². The molecule has 1 aromatic carbocycles. The minimum absolute atomic E-state index is 0.606. The normalized spacial score (nSPS) is 11.1. The van der Waals surface area contributed by atoms with Crippen LogP contribution in [-0.4, -0.2) is 15.0 Å². The molecule has 24 heavy (non-hydrogen) atoms. The van der Waals surface area contributed by atoms with Crippen LogP contribution in [-0.2, 0) is 6.54 Å². The van der Waals surface area contributed by atoms with Crippen LogP contribution in [0.4, 0.5) is 5.69 Å². The first kappa shape index (κ1) is 14.8. The molecular formula is C18H15ClN4O. The lowest BCUT2D eigenvalue weighted by Gasteiger charge is -2.07. The van der Waals surface area contributed by atoms with Gasteiger partial charge in [-0.3, -0.25) is 0 Å². The molecule has 0 radical (unpaired) electrons. The zero-order valence-electron chi connectivity index (χ0n) is 13.0. The number of halogens is 1. The number of aryl methyl sites for hydroxylation is 1. The van der Waals surface area contributed by atoms with Gasteiger partial charge in [0.2, 0.25) is 0 Å². The molecule has 3 aromatic heterocycles. The molecule has 0 bridgehead atoms. The van der Waals surface area contributed by atoms with Crippen LogP contribution in [0, 0.1) is 6.92 Å². The number of hydrogen-bond acceptors (Lipinski definition) is 4. The molecule has 4 rings (SSSR count). The van der Waals surface area contributed by atoms with Gasteiger partial charge in [0.25, 0.3) is 0 Å². The van der Waals surface area contributed by atoms with Crippen LogP contribution in [0.15, 0.2) is 53.3 Å². The van der Waals surface area contributed by atoms with E-state index in [-0.39, 0.29) is 0 Å². The molecule has 0 spiro atoms. The number of pyridine rings is 1. The number of imidazole rings is 1. The number of anilines is 1. The van der Waals surface area contributed by atoms with E-state index in [0.717, 1.165) is 28.1 Å². The van der Waals surface area contributed by atoms with Crippen molar-refractivity contribution in [2.24, 2.45) is 0 Å². The number of nitrogens with one attached hydrogen (secondary N) is 2. The summed E-state index contributed by atoms with van der Waals surface area (Å²) in [7, 11) is 0. The number of rotatable bonds is 4. The van der Waals surface area contributed by atoms with Crippen molar-refractivity contribution in [2.75, 3.05) is 5.32 Å². The molecule has 0 saturated carbocycles. The van der Waals surface area contributed by atoms with Gasteiger partial charge < -0.3 is 14.7 Å². The topological polar surface area (TPSA) is 66.7 Å². The SMILES string of the molecule is Cc1cnc2nc(-c3cc(NCc4ccco4)ccc3Cl)[nH]c2c1. The first-order chi connectivity index (χ1) is 11.7. The molecule has 6 heteroatoms. The van der Waals surface area contributed by atoms with E-state index in [1.165, 1.54) is 0 Å². The number of H-pyrrole nitrogens is 1. The van der Waals surface area contributed by atoms with E-state index in [0.29, 0.717) is 23.0 Å². The Kier molecular flexibility index (Phi) is 3.70. The third-order valence-corrected chi connectivity index (χ3v) is 4.07. The lowest BCUT2D eigenvalue weighted by molar-refractivity contribution is 0.518. The molecular weight excluding hydrogens is 324 g/mol. The van der Waals surface area contributed by atoms with Crippen molar-refractivity contribution in [3.63, 3.8) is 0 Å². The third kappa shape index (κ3) is 2.86. The number of aromatic amines is 1. The lowest BCUT2D eigenvalue weighted by atomic mass is 10.2. The van der Waals surface area contributed by atoms with Crippen molar-refractivity contribution in [1.29, 1.82) is 0 Å². The van der Waals surface area contributed by atoms with Crippen LogP contribution in [0.5, 0.6) is 0 Å². The molecule has 0 aliphatic heterocycles. The molecule has 5 nitrogen and oxygen atoms in total. The number of aromatic nitrogens is 3. The summed E-state index contributed by atoms with van der Waals surface area (Å²) in [5, 5.41) is 3.95. The molecule has 0 unspecified atom stereocenters. The Hall–Kier alpha value is -2.79. The Morgan fingerprint density at radius 3 is 3.00 bits per heavy atom. The number of fused-ring (bicyclic) bond motifs is 1. The summed E-state index contributed by atoms with van der Waals surface area (Å²) < 4.78 is 5.33. The van der Waals surface area contributed by atoms with E-state index in [4.69, 9.17) is 16.0 Å². The first-order valence-electron chi connectivity index (χ1n) is 7.57. The van der Waals surface area contributed by atoms with Crippen molar-refractivity contribution in [3.05, 3.63) is 65.2 Å². The van der Waals surface area contributed by atoms with Gasteiger partial charge >= 0.3 is 0 Å². The van der Waals surface area contributed by atoms with Gasteiger partial charge in [0, 0.05) is 17.4 Å². The molecule has 2 N–H and O–H groups in total. The van der Waals surface area contributed by atoms with Crippen LogP contribution >= 0.6 is 11.6 Å².